The van der Waals surface area contributed by atoms with Crippen molar-refractivity contribution in [2.45, 2.75) is 62.6 Å². The van der Waals surface area contributed by atoms with E-state index in [1.165, 1.54) is 35.2 Å². The predicted octanol–water partition coefficient (Wildman–Crippen LogP) is 7.96. The molecule has 2 amide bonds. The van der Waals surface area contributed by atoms with Crippen molar-refractivity contribution >= 4 is 66.7 Å². The van der Waals surface area contributed by atoms with Crippen molar-refractivity contribution in [1.82, 2.24) is 10.2 Å². The van der Waals surface area contributed by atoms with Gasteiger partial charge in [-0.25, -0.2) is 8.42 Å². The third-order valence-electron chi connectivity index (χ3n) is 8.32. The summed E-state index contributed by atoms with van der Waals surface area (Å²) in [5.41, 5.74) is 2.72. The second-order valence-electron chi connectivity index (χ2n) is 11.8. The van der Waals surface area contributed by atoms with Crippen LogP contribution in [0.3, 0.4) is 0 Å². The number of anilines is 1. The molecule has 1 unspecified atom stereocenters. The number of carbonyl (C=O) groups excluding carboxylic acids is 2. The van der Waals surface area contributed by atoms with Crippen LogP contribution in [0.1, 0.15) is 42.4 Å². The van der Waals surface area contributed by atoms with Gasteiger partial charge in [0.25, 0.3) is 10.0 Å². The van der Waals surface area contributed by atoms with E-state index in [4.69, 9.17) is 23.2 Å². The number of carbonyl (C=O) groups is 2. The van der Waals surface area contributed by atoms with Gasteiger partial charge < -0.3 is 10.2 Å². The van der Waals surface area contributed by atoms with Crippen LogP contribution < -0.4 is 9.62 Å². The molecule has 4 aromatic carbocycles. The van der Waals surface area contributed by atoms with Gasteiger partial charge in [-0.2, -0.15) is 0 Å². The first kappa shape index (κ1) is 35.0. The zero-order valence-electron chi connectivity index (χ0n) is 25.9. The predicted molar refractivity (Wildman–Crippen MR) is 191 cm³/mol. The zero-order valence-corrected chi connectivity index (χ0v) is 29.8. The fourth-order valence-corrected chi connectivity index (χ4v) is 7.68. The van der Waals surface area contributed by atoms with Crippen molar-refractivity contribution in [2.24, 2.45) is 0 Å². The molecule has 0 aliphatic heterocycles. The number of nitrogens with one attached hydrogen (secondary N) is 1. The Labute approximate surface area is 295 Å². The van der Waals surface area contributed by atoms with E-state index in [0.29, 0.717) is 0 Å². The molecule has 4 aromatic rings. The van der Waals surface area contributed by atoms with Crippen molar-refractivity contribution in [3.63, 3.8) is 0 Å². The number of hydrogen-bond acceptors (Lipinski definition) is 4. The van der Waals surface area contributed by atoms with Crippen LogP contribution in [0, 0.1) is 6.92 Å². The molecular weight excluding hydrogens is 721 g/mol. The molecule has 1 N–H and O–H groups in total. The number of rotatable bonds is 12. The van der Waals surface area contributed by atoms with Crippen LogP contribution in [-0.2, 0) is 32.6 Å². The fourth-order valence-electron chi connectivity index (χ4n) is 5.71. The number of halogens is 3. The van der Waals surface area contributed by atoms with Gasteiger partial charge in [0.2, 0.25) is 11.8 Å². The third kappa shape index (κ3) is 8.96. The zero-order chi connectivity index (χ0) is 33.6. The highest BCUT2D eigenvalue weighted by Gasteiger charge is 2.35. The van der Waals surface area contributed by atoms with E-state index in [0.717, 1.165) is 51.2 Å². The molecule has 7 nitrogen and oxygen atoms in total. The van der Waals surface area contributed by atoms with Gasteiger partial charge in [0.15, 0.2) is 0 Å². The van der Waals surface area contributed by atoms with Crippen LogP contribution in [0.2, 0.25) is 10.0 Å². The van der Waals surface area contributed by atoms with Crippen LogP contribution in [0.4, 0.5) is 5.69 Å². The number of nitrogens with zero attached hydrogens (tertiary/aromatic N) is 2. The second kappa shape index (κ2) is 15.7. The number of hydrogen-bond donors (Lipinski definition) is 1. The minimum atomic E-state index is -4.25. The Kier molecular flexibility index (Phi) is 11.7. The first-order chi connectivity index (χ1) is 22.5. The molecule has 0 bridgehead atoms. The van der Waals surface area contributed by atoms with Gasteiger partial charge in [-0.15, -0.1) is 0 Å². The van der Waals surface area contributed by atoms with E-state index in [1.54, 1.807) is 12.1 Å². The molecule has 1 aliphatic rings. The number of benzene rings is 4. The van der Waals surface area contributed by atoms with Crippen LogP contribution in [0.5, 0.6) is 0 Å². The minimum absolute atomic E-state index is 0.0150. The summed E-state index contributed by atoms with van der Waals surface area (Å²) in [4.78, 5) is 30.2. The van der Waals surface area contributed by atoms with Crippen molar-refractivity contribution in [3.05, 3.63) is 128 Å². The topological polar surface area (TPSA) is 86.8 Å². The highest BCUT2D eigenvalue weighted by atomic mass is 79.9. The van der Waals surface area contributed by atoms with Crippen LogP contribution >= 0.6 is 39.1 Å². The van der Waals surface area contributed by atoms with Gasteiger partial charge >= 0.3 is 0 Å². The van der Waals surface area contributed by atoms with Gasteiger partial charge in [0.05, 0.1) is 20.6 Å². The Hall–Kier alpha value is -3.37. The molecule has 0 radical (unpaired) electrons. The summed E-state index contributed by atoms with van der Waals surface area (Å²) in [6.45, 7) is 1.37. The summed E-state index contributed by atoms with van der Waals surface area (Å²) < 4.78 is 30.3. The van der Waals surface area contributed by atoms with Crippen LogP contribution in [-0.4, -0.2) is 43.8 Å². The standard InChI is InChI=1S/C36H36BrCl2N3O4S/c1-25-11-18-31(19-12-25)47(45,46)42(30-17-20-32(38)33(39)22-30)24-35(43)41(23-27-13-15-28(37)16-14-27)34(21-26-7-3-2-4-8-26)36(44)40-29-9-5-6-10-29/h2-4,7-8,11-20,22,29,34H,5-6,9-10,21,23-24H2,1H3,(H,40,44). The van der Waals surface area contributed by atoms with E-state index >= 15 is 0 Å². The minimum Gasteiger partial charge on any atom is -0.352 e. The molecule has 0 spiro atoms. The summed E-state index contributed by atoms with van der Waals surface area (Å²) in [5, 5.41) is 3.58. The highest BCUT2D eigenvalue weighted by molar-refractivity contribution is 9.10. The maximum Gasteiger partial charge on any atom is 0.264 e. The Balaban J connectivity index is 1.57. The highest BCUT2D eigenvalue weighted by Crippen LogP contribution is 2.31. The Morgan fingerprint density at radius 1 is 0.872 bits per heavy atom. The molecule has 246 valence electrons. The van der Waals surface area contributed by atoms with Gasteiger partial charge in [-0.1, -0.05) is 112 Å². The van der Waals surface area contributed by atoms with Crippen molar-refractivity contribution in [1.29, 1.82) is 0 Å². The summed E-state index contributed by atoms with van der Waals surface area (Å²) in [7, 11) is -4.25. The number of aryl methyl sites for hydroxylation is 1. The first-order valence-corrected chi connectivity index (χ1v) is 18.4. The van der Waals surface area contributed by atoms with E-state index in [-0.39, 0.29) is 45.5 Å². The summed E-state index contributed by atoms with van der Waals surface area (Å²) in [6, 6.07) is 27.0. The molecule has 1 fully saturated rings. The monoisotopic (exact) mass is 755 g/mol. The van der Waals surface area contributed by atoms with Gasteiger partial charge in [-0.05, 0) is 73.4 Å². The molecule has 1 saturated carbocycles. The Morgan fingerprint density at radius 3 is 2.17 bits per heavy atom. The fraction of sp³-hybridized carbons (Fsp3) is 0.278. The van der Waals surface area contributed by atoms with E-state index in [1.807, 2.05) is 61.5 Å². The third-order valence-corrected chi connectivity index (χ3v) is 11.4. The molecular formula is C36H36BrCl2N3O4S. The lowest BCUT2D eigenvalue weighted by Gasteiger charge is -2.34. The van der Waals surface area contributed by atoms with E-state index in [9.17, 15) is 18.0 Å². The lowest BCUT2D eigenvalue weighted by molar-refractivity contribution is -0.140. The lowest BCUT2D eigenvalue weighted by atomic mass is 10.0. The largest absolute Gasteiger partial charge is 0.352 e. The second-order valence-corrected chi connectivity index (χ2v) is 15.4. The molecule has 1 aliphatic carbocycles. The maximum absolute atomic E-state index is 14.6. The molecule has 0 saturated heterocycles. The molecule has 0 aromatic heterocycles. The van der Waals surface area contributed by atoms with Gasteiger partial charge in [0, 0.05) is 23.5 Å². The molecule has 11 heteroatoms. The number of sulfonamides is 1. The summed E-state index contributed by atoms with van der Waals surface area (Å²) in [5.74, 6) is -0.814. The van der Waals surface area contributed by atoms with Crippen LogP contribution in [0.25, 0.3) is 0 Å². The quantitative estimate of drug-likeness (QED) is 0.159. The smallest absolute Gasteiger partial charge is 0.264 e. The summed E-state index contributed by atoms with van der Waals surface area (Å²) >= 11 is 16.0. The lowest BCUT2D eigenvalue weighted by Crippen LogP contribution is -2.54. The van der Waals surface area contributed by atoms with E-state index in [2.05, 4.69) is 21.2 Å². The number of amides is 2. The van der Waals surface area contributed by atoms with Gasteiger partial charge in [0.1, 0.15) is 12.6 Å². The van der Waals surface area contributed by atoms with Crippen molar-refractivity contribution in [2.75, 3.05) is 10.8 Å². The first-order valence-electron chi connectivity index (χ1n) is 15.4. The average Bonchev–Trinajstić information content (AvgIpc) is 3.57. The van der Waals surface area contributed by atoms with Gasteiger partial charge in [-0.3, -0.25) is 13.9 Å². The maximum atomic E-state index is 14.6. The normalized spacial score (nSPS) is 14.0. The molecule has 0 heterocycles. The van der Waals surface area contributed by atoms with Crippen molar-refractivity contribution in [3.8, 4) is 0 Å². The summed E-state index contributed by atoms with van der Waals surface area (Å²) in [6.07, 6.45) is 4.07. The Bertz CT molecular complexity index is 1800. The molecule has 47 heavy (non-hydrogen) atoms. The average molecular weight is 758 g/mol. The van der Waals surface area contributed by atoms with Crippen molar-refractivity contribution < 1.29 is 18.0 Å². The Morgan fingerprint density at radius 2 is 1.53 bits per heavy atom. The SMILES string of the molecule is Cc1ccc(S(=O)(=O)N(CC(=O)N(Cc2ccc(Br)cc2)C(Cc2ccccc2)C(=O)NC2CCCC2)c2ccc(Cl)c(Cl)c2)cc1. The van der Waals surface area contributed by atoms with Crippen LogP contribution in [0.15, 0.2) is 106 Å². The van der Waals surface area contributed by atoms with E-state index < -0.39 is 28.5 Å². The molecule has 1 atom stereocenters. The molecule has 5 rings (SSSR count).